The largest absolute Gasteiger partial charge is 0.465 e. The number of aldehydes is 1. The number of nitrogens with zero attached hydrogens (tertiary/aromatic N) is 3. The highest BCUT2D eigenvalue weighted by atomic mass is 16.5. The number of amides is 5. The lowest BCUT2D eigenvalue weighted by atomic mass is 9.75. The Labute approximate surface area is 471 Å². The van der Waals surface area contributed by atoms with Gasteiger partial charge in [0.05, 0.1) is 26.4 Å². The topological polar surface area (TPSA) is 223 Å². The third-order valence-corrected chi connectivity index (χ3v) is 14.9. The normalized spacial score (nSPS) is 22.6. The van der Waals surface area contributed by atoms with E-state index >= 15 is 0 Å². The Hall–Kier alpha value is -7.37. The molecule has 80 heavy (non-hydrogen) atoms. The van der Waals surface area contributed by atoms with Crippen molar-refractivity contribution >= 4 is 53.7 Å². The molecular formula is C63H82N4O13. The van der Waals surface area contributed by atoms with Gasteiger partial charge in [-0.15, -0.1) is 19.7 Å². The van der Waals surface area contributed by atoms with Gasteiger partial charge in [-0.2, -0.15) is 0 Å². The van der Waals surface area contributed by atoms with Gasteiger partial charge in [-0.3, -0.25) is 53.1 Å². The first-order valence-corrected chi connectivity index (χ1v) is 27.8. The summed E-state index contributed by atoms with van der Waals surface area (Å²) >= 11 is 0. The first-order chi connectivity index (χ1) is 38.6. The predicted octanol–water partition coefficient (Wildman–Crippen LogP) is 8.41. The first kappa shape index (κ1) is 65.2. The number of carbonyl (C=O) groups excluding carboxylic acids is 9. The summed E-state index contributed by atoms with van der Waals surface area (Å²) in [5.74, 6) is -3.75. The van der Waals surface area contributed by atoms with Crippen LogP contribution >= 0.6 is 0 Å². The minimum atomic E-state index is -1.44. The number of likely N-dealkylation sites (tertiary alicyclic amines) is 3. The van der Waals surface area contributed by atoms with Gasteiger partial charge in [0.15, 0.2) is 5.41 Å². The molecule has 0 radical (unpaired) electrons. The summed E-state index contributed by atoms with van der Waals surface area (Å²) in [7, 11) is 0. The number of esters is 3. The van der Waals surface area contributed by atoms with E-state index in [9.17, 15) is 48.3 Å². The zero-order valence-corrected chi connectivity index (χ0v) is 47.0. The molecule has 4 atom stereocenters. The summed E-state index contributed by atoms with van der Waals surface area (Å²) < 4.78 is 15.1. The molecule has 0 aliphatic carbocycles. The Kier molecular flexibility index (Phi) is 26.6. The summed E-state index contributed by atoms with van der Waals surface area (Å²) in [6.07, 6.45) is 12.7. The van der Waals surface area contributed by atoms with Gasteiger partial charge in [-0.25, -0.2) is 0 Å². The van der Waals surface area contributed by atoms with Gasteiger partial charge >= 0.3 is 17.9 Å². The van der Waals surface area contributed by atoms with Gasteiger partial charge in [0, 0.05) is 55.7 Å². The molecule has 0 unspecified atom stereocenters. The molecule has 17 heteroatoms. The van der Waals surface area contributed by atoms with Crippen molar-refractivity contribution < 1.29 is 62.5 Å². The number of benzene rings is 3. The first-order valence-electron chi connectivity index (χ1n) is 27.8. The molecule has 0 saturated carbocycles. The quantitative estimate of drug-likeness (QED) is 0.0271. The van der Waals surface area contributed by atoms with Gasteiger partial charge < -0.3 is 29.4 Å². The van der Waals surface area contributed by atoms with Crippen molar-refractivity contribution in [2.24, 2.45) is 21.7 Å². The number of rotatable bonds is 20. The van der Waals surface area contributed by atoms with E-state index < -0.39 is 51.9 Å². The Balaban J connectivity index is 0.000000233. The molecule has 0 aromatic heterocycles. The number of ether oxygens (including phenoxy) is 3. The van der Waals surface area contributed by atoms with Crippen LogP contribution in [0.1, 0.15) is 131 Å². The van der Waals surface area contributed by atoms with Crippen molar-refractivity contribution in [2.75, 3.05) is 59.2 Å². The molecule has 0 bridgehead atoms. The van der Waals surface area contributed by atoms with Crippen molar-refractivity contribution in [3.05, 3.63) is 146 Å². The fourth-order valence-corrected chi connectivity index (χ4v) is 10.8. The number of hydrogen-bond donors (Lipinski definition) is 2. The zero-order valence-electron chi connectivity index (χ0n) is 47.0. The van der Waals surface area contributed by atoms with Crippen LogP contribution in [0, 0.1) is 21.7 Å². The van der Waals surface area contributed by atoms with Gasteiger partial charge in [0.2, 0.25) is 17.7 Å². The molecule has 4 fully saturated rings. The molecular weight excluding hydrogens is 1020 g/mol. The molecule has 0 spiro atoms. The second-order valence-corrected chi connectivity index (χ2v) is 20.4. The number of imide groups is 2. The summed E-state index contributed by atoms with van der Waals surface area (Å²) in [6, 6.07) is 27.6. The van der Waals surface area contributed by atoms with Crippen molar-refractivity contribution in [3.63, 3.8) is 0 Å². The predicted molar refractivity (Wildman–Crippen MR) is 303 cm³/mol. The minimum absolute atomic E-state index is 0.0365. The van der Waals surface area contributed by atoms with E-state index in [1.54, 1.807) is 87.5 Å². The maximum atomic E-state index is 13.0. The second kappa shape index (κ2) is 32.6. The molecule has 2 N–H and O–H groups in total. The molecule has 7 rings (SSSR count). The smallest absolute Gasteiger partial charge is 0.321 e. The summed E-state index contributed by atoms with van der Waals surface area (Å²) in [5.41, 5.74) is -1.60. The lowest BCUT2D eigenvalue weighted by Gasteiger charge is -2.41. The highest BCUT2D eigenvalue weighted by molar-refractivity contribution is 6.14. The van der Waals surface area contributed by atoms with E-state index in [0.717, 1.165) is 43.8 Å². The van der Waals surface area contributed by atoms with Crippen molar-refractivity contribution in [1.82, 2.24) is 20.0 Å². The van der Waals surface area contributed by atoms with Crippen LogP contribution in [-0.4, -0.2) is 133 Å². The van der Waals surface area contributed by atoms with E-state index in [1.165, 1.54) is 23.0 Å². The molecule has 3 aromatic rings. The number of aliphatic hydroxyl groups excluding tert-OH is 1. The lowest BCUT2D eigenvalue weighted by Crippen LogP contribution is -2.55. The molecule has 4 aliphatic rings. The number of aliphatic hydroxyl groups is 1. The van der Waals surface area contributed by atoms with Crippen molar-refractivity contribution in [1.29, 1.82) is 0 Å². The number of piperidine rings is 4. The second-order valence-electron chi connectivity index (χ2n) is 20.4. The third kappa shape index (κ3) is 16.6. The summed E-state index contributed by atoms with van der Waals surface area (Å²) in [6.45, 7) is 21.3. The molecule has 17 nitrogen and oxygen atoms in total. The van der Waals surface area contributed by atoms with Crippen molar-refractivity contribution in [3.8, 4) is 0 Å². The van der Waals surface area contributed by atoms with Gasteiger partial charge in [-0.05, 0) is 134 Å². The van der Waals surface area contributed by atoms with Crippen LogP contribution < -0.4 is 5.32 Å². The van der Waals surface area contributed by atoms with Gasteiger partial charge in [-0.1, -0.05) is 85.0 Å². The van der Waals surface area contributed by atoms with E-state index in [0.29, 0.717) is 69.2 Å². The number of allylic oxidation sites excluding steroid dienone is 3. The highest BCUT2D eigenvalue weighted by Gasteiger charge is 2.53. The van der Waals surface area contributed by atoms with Crippen LogP contribution in [0.5, 0.6) is 0 Å². The lowest BCUT2D eigenvalue weighted by molar-refractivity contribution is -0.169. The van der Waals surface area contributed by atoms with Crippen molar-refractivity contribution in [2.45, 2.75) is 111 Å². The molecule has 432 valence electrons. The average Bonchev–Trinajstić information content (AvgIpc) is 3.58. The van der Waals surface area contributed by atoms with E-state index in [4.69, 9.17) is 14.2 Å². The SMILES string of the molecule is C=CC[C@@]1(C(=O)OCC)CCCN(C(=O)c2ccccc2)C1=O.C=CC[C@@]1(C(=O)OCC)CCCNC1=O.C=CC[C@@]1(CO)CCCN(Cc2ccccc2)C1.CCOC(=O)[C@]1(CCC=O)CCCN(C(=O)c2ccccc2)C1=O. The van der Waals surface area contributed by atoms with Crippen LogP contribution in [0.2, 0.25) is 0 Å². The fraction of sp³-hybridized carbons (Fsp3) is 0.476. The van der Waals surface area contributed by atoms with Crippen LogP contribution in [0.15, 0.2) is 129 Å². The fourth-order valence-electron chi connectivity index (χ4n) is 10.8. The number of carbonyl (C=O) groups is 9. The Morgan fingerprint density at radius 2 is 1.02 bits per heavy atom. The molecule has 3 aromatic carbocycles. The zero-order chi connectivity index (χ0) is 58.6. The summed E-state index contributed by atoms with van der Waals surface area (Å²) in [5, 5.41) is 12.4. The third-order valence-electron chi connectivity index (χ3n) is 14.9. The Bertz CT molecular complexity index is 2580. The van der Waals surface area contributed by atoms with Gasteiger partial charge in [0.1, 0.15) is 17.1 Å². The molecule has 5 amide bonds. The highest BCUT2D eigenvalue weighted by Crippen LogP contribution is 2.40. The number of hydrogen-bond acceptors (Lipinski definition) is 14. The molecule has 4 heterocycles. The van der Waals surface area contributed by atoms with Crippen LogP contribution in [0.25, 0.3) is 0 Å². The Morgan fingerprint density at radius 1 is 0.588 bits per heavy atom. The number of nitrogens with one attached hydrogen (secondary N) is 1. The van der Waals surface area contributed by atoms with Crippen LogP contribution in [0.4, 0.5) is 0 Å². The van der Waals surface area contributed by atoms with Gasteiger partial charge in [0.25, 0.3) is 11.8 Å². The molecule has 4 saturated heterocycles. The van der Waals surface area contributed by atoms with Crippen LogP contribution in [0.3, 0.4) is 0 Å². The van der Waals surface area contributed by atoms with E-state index in [2.05, 4.69) is 60.3 Å². The summed E-state index contributed by atoms with van der Waals surface area (Å²) in [4.78, 5) is 115. The monoisotopic (exact) mass is 1100 g/mol. The molecule has 4 aliphatic heterocycles. The minimum Gasteiger partial charge on any atom is -0.465 e. The average molecular weight is 1100 g/mol. The van der Waals surface area contributed by atoms with E-state index in [-0.39, 0.29) is 69.3 Å². The standard InChI is InChI=1S/C18H21NO5.C18H21NO4.C16H23NO.C11H17NO3/c1-2-24-17(23)18(11-7-13-20)10-6-12-19(16(18)22)15(21)14-8-4-3-5-9-14;1-3-11-18(17(22)23-4-2)12-8-13-19(16(18)21)15(20)14-9-6-5-7-10-14;1-2-9-16(14-18)10-6-11-17(13-16)12-15-7-4-3-5-8-15;1-3-6-11(10(14)15-4-2)7-5-8-12-9(11)13/h3-5,8-9,13H,2,6-7,10-12H2,1H3;3,5-7,9-10H,1,4,8,11-13H2,2H3;2-5,7-8,18H,1,6,9-14H2;3H,1,4-8H2,2H3,(H,12,13)/t2*18-;16-;11-/m0111/s1. The maximum absolute atomic E-state index is 13.0. The maximum Gasteiger partial charge on any atom is 0.321 e. The van der Waals surface area contributed by atoms with E-state index in [1.807, 2.05) is 6.08 Å². The van der Waals surface area contributed by atoms with Crippen LogP contribution in [-0.2, 0) is 54.3 Å². The Morgan fingerprint density at radius 3 is 1.50 bits per heavy atom.